The Hall–Kier alpha value is -0.120. The summed E-state index contributed by atoms with van der Waals surface area (Å²) in [6.45, 7) is 6.28. The van der Waals surface area contributed by atoms with Gasteiger partial charge in [0.2, 0.25) is 0 Å². The lowest BCUT2D eigenvalue weighted by Crippen LogP contribution is -2.50. The lowest BCUT2D eigenvalue weighted by molar-refractivity contribution is -0.0224. The van der Waals surface area contributed by atoms with E-state index in [0.717, 1.165) is 32.5 Å². The SMILES string of the molecule is C[C@H]1CCCN1CC1(O)CCNCC1. The largest absolute Gasteiger partial charge is 0.388 e. The van der Waals surface area contributed by atoms with Crippen LogP contribution in [0.15, 0.2) is 0 Å². The third-order valence-electron chi connectivity index (χ3n) is 3.72. The number of nitrogens with one attached hydrogen (secondary N) is 1. The zero-order chi connectivity index (χ0) is 10.0. The maximum atomic E-state index is 10.4. The van der Waals surface area contributed by atoms with Crippen molar-refractivity contribution in [2.45, 2.75) is 44.2 Å². The molecule has 2 heterocycles. The fraction of sp³-hybridized carbons (Fsp3) is 1.00. The van der Waals surface area contributed by atoms with Gasteiger partial charge in [-0.25, -0.2) is 0 Å². The number of hydrogen-bond donors (Lipinski definition) is 2. The summed E-state index contributed by atoms with van der Waals surface area (Å²) in [5.41, 5.74) is -0.413. The van der Waals surface area contributed by atoms with E-state index in [9.17, 15) is 5.11 Å². The van der Waals surface area contributed by atoms with Crippen LogP contribution in [0.5, 0.6) is 0 Å². The number of hydrogen-bond acceptors (Lipinski definition) is 3. The zero-order valence-corrected chi connectivity index (χ0v) is 9.13. The van der Waals surface area contributed by atoms with Gasteiger partial charge in [-0.3, -0.25) is 4.90 Å². The molecule has 3 nitrogen and oxygen atoms in total. The average molecular weight is 198 g/mol. The van der Waals surface area contributed by atoms with E-state index >= 15 is 0 Å². The molecule has 2 saturated heterocycles. The summed E-state index contributed by atoms with van der Waals surface area (Å²) in [6.07, 6.45) is 4.43. The highest BCUT2D eigenvalue weighted by Gasteiger charge is 2.33. The van der Waals surface area contributed by atoms with Crippen molar-refractivity contribution in [2.75, 3.05) is 26.2 Å². The smallest absolute Gasteiger partial charge is 0.0798 e. The first-order valence-corrected chi connectivity index (χ1v) is 5.87. The molecule has 0 saturated carbocycles. The normalized spacial score (nSPS) is 33.4. The predicted molar refractivity (Wildman–Crippen MR) is 57.3 cm³/mol. The summed E-state index contributed by atoms with van der Waals surface area (Å²) in [5.74, 6) is 0. The van der Waals surface area contributed by atoms with E-state index in [-0.39, 0.29) is 0 Å². The predicted octanol–water partition coefficient (Wildman–Crippen LogP) is 0.585. The summed E-state index contributed by atoms with van der Waals surface area (Å²) >= 11 is 0. The molecule has 2 fully saturated rings. The van der Waals surface area contributed by atoms with Crippen molar-refractivity contribution in [1.82, 2.24) is 10.2 Å². The van der Waals surface area contributed by atoms with Crippen LogP contribution in [0, 0.1) is 0 Å². The highest BCUT2D eigenvalue weighted by Crippen LogP contribution is 2.24. The Morgan fingerprint density at radius 2 is 2.14 bits per heavy atom. The summed E-state index contributed by atoms with van der Waals surface area (Å²) in [6, 6.07) is 0.675. The van der Waals surface area contributed by atoms with Crippen LogP contribution in [-0.2, 0) is 0 Å². The Bertz CT molecular complexity index is 190. The van der Waals surface area contributed by atoms with Gasteiger partial charge in [-0.15, -0.1) is 0 Å². The number of β-amino-alcohol motifs (C(OH)–C–C–N with tert-alkyl or cyclic N) is 1. The molecule has 2 rings (SSSR count). The Kier molecular flexibility index (Phi) is 3.10. The quantitative estimate of drug-likeness (QED) is 0.681. The van der Waals surface area contributed by atoms with Crippen molar-refractivity contribution in [2.24, 2.45) is 0 Å². The van der Waals surface area contributed by atoms with Crippen molar-refractivity contribution < 1.29 is 5.11 Å². The minimum absolute atomic E-state index is 0.413. The van der Waals surface area contributed by atoms with Crippen molar-refractivity contribution in [3.8, 4) is 0 Å². The van der Waals surface area contributed by atoms with Gasteiger partial charge < -0.3 is 10.4 Å². The number of piperidine rings is 1. The van der Waals surface area contributed by atoms with Crippen LogP contribution >= 0.6 is 0 Å². The molecule has 0 spiro atoms. The molecule has 0 aromatic carbocycles. The molecule has 0 unspecified atom stereocenters. The monoisotopic (exact) mass is 198 g/mol. The van der Waals surface area contributed by atoms with Gasteiger partial charge in [0.15, 0.2) is 0 Å². The first-order chi connectivity index (χ1) is 6.70. The van der Waals surface area contributed by atoms with Crippen molar-refractivity contribution >= 4 is 0 Å². The van der Waals surface area contributed by atoms with Gasteiger partial charge in [-0.1, -0.05) is 0 Å². The standard InChI is InChI=1S/C11H22N2O/c1-10-3-2-8-13(10)9-11(14)4-6-12-7-5-11/h10,12,14H,2-9H2,1H3/t10-/m0/s1. The summed E-state index contributed by atoms with van der Waals surface area (Å²) in [7, 11) is 0. The molecule has 2 aliphatic rings. The average Bonchev–Trinajstić information content (AvgIpc) is 2.52. The van der Waals surface area contributed by atoms with Crippen molar-refractivity contribution in [1.29, 1.82) is 0 Å². The highest BCUT2D eigenvalue weighted by molar-refractivity contribution is 4.90. The van der Waals surface area contributed by atoms with E-state index in [1.807, 2.05) is 0 Å². The van der Waals surface area contributed by atoms with E-state index in [1.165, 1.54) is 19.4 Å². The molecule has 82 valence electrons. The topological polar surface area (TPSA) is 35.5 Å². The number of rotatable bonds is 2. The van der Waals surface area contributed by atoms with Crippen LogP contribution in [-0.4, -0.2) is 47.8 Å². The lowest BCUT2D eigenvalue weighted by atomic mass is 9.92. The maximum absolute atomic E-state index is 10.4. The second-order valence-electron chi connectivity index (χ2n) is 4.94. The Morgan fingerprint density at radius 3 is 2.71 bits per heavy atom. The van der Waals surface area contributed by atoms with Gasteiger partial charge in [0.25, 0.3) is 0 Å². The van der Waals surface area contributed by atoms with Crippen LogP contribution in [0.4, 0.5) is 0 Å². The third-order valence-corrected chi connectivity index (χ3v) is 3.72. The molecule has 2 aliphatic heterocycles. The van der Waals surface area contributed by atoms with E-state index in [4.69, 9.17) is 0 Å². The van der Waals surface area contributed by atoms with E-state index in [1.54, 1.807) is 0 Å². The summed E-state index contributed by atoms with van der Waals surface area (Å²) < 4.78 is 0. The van der Waals surface area contributed by atoms with Crippen molar-refractivity contribution in [3.05, 3.63) is 0 Å². The van der Waals surface area contributed by atoms with Crippen LogP contribution in [0.3, 0.4) is 0 Å². The highest BCUT2D eigenvalue weighted by atomic mass is 16.3. The van der Waals surface area contributed by atoms with Gasteiger partial charge >= 0.3 is 0 Å². The van der Waals surface area contributed by atoms with Gasteiger partial charge in [-0.2, -0.15) is 0 Å². The molecule has 0 radical (unpaired) electrons. The fourth-order valence-electron chi connectivity index (χ4n) is 2.66. The minimum Gasteiger partial charge on any atom is -0.388 e. The first-order valence-electron chi connectivity index (χ1n) is 5.87. The summed E-state index contributed by atoms with van der Waals surface area (Å²) in [5, 5.41) is 13.7. The molecule has 0 bridgehead atoms. The van der Waals surface area contributed by atoms with Crippen LogP contribution < -0.4 is 5.32 Å². The van der Waals surface area contributed by atoms with Gasteiger partial charge in [-0.05, 0) is 52.2 Å². The Labute approximate surface area is 86.5 Å². The van der Waals surface area contributed by atoms with E-state index in [2.05, 4.69) is 17.1 Å². The minimum atomic E-state index is -0.413. The number of nitrogens with zero attached hydrogens (tertiary/aromatic N) is 1. The second kappa shape index (κ2) is 4.17. The first kappa shape index (κ1) is 10.4. The van der Waals surface area contributed by atoms with E-state index < -0.39 is 5.60 Å². The fourth-order valence-corrected chi connectivity index (χ4v) is 2.66. The molecule has 0 amide bonds. The van der Waals surface area contributed by atoms with Gasteiger partial charge in [0.1, 0.15) is 0 Å². The zero-order valence-electron chi connectivity index (χ0n) is 9.13. The maximum Gasteiger partial charge on any atom is 0.0798 e. The molecular weight excluding hydrogens is 176 g/mol. The van der Waals surface area contributed by atoms with Crippen LogP contribution in [0.1, 0.15) is 32.6 Å². The van der Waals surface area contributed by atoms with Crippen LogP contribution in [0.25, 0.3) is 0 Å². The molecular formula is C11H22N2O. The molecule has 0 aromatic heterocycles. The van der Waals surface area contributed by atoms with Crippen molar-refractivity contribution in [3.63, 3.8) is 0 Å². The number of likely N-dealkylation sites (tertiary alicyclic amines) is 1. The molecule has 2 N–H and O–H groups in total. The molecule has 1 atom stereocenters. The number of aliphatic hydroxyl groups is 1. The van der Waals surface area contributed by atoms with Gasteiger partial charge in [0.05, 0.1) is 5.60 Å². The third kappa shape index (κ3) is 2.27. The Balaban J connectivity index is 1.88. The van der Waals surface area contributed by atoms with E-state index in [0.29, 0.717) is 6.04 Å². The summed E-state index contributed by atoms with van der Waals surface area (Å²) in [4.78, 5) is 2.45. The molecule has 3 heteroatoms. The second-order valence-corrected chi connectivity index (χ2v) is 4.94. The van der Waals surface area contributed by atoms with Gasteiger partial charge in [0, 0.05) is 12.6 Å². The molecule has 0 aliphatic carbocycles. The molecule has 0 aromatic rings. The van der Waals surface area contributed by atoms with Crippen LogP contribution in [0.2, 0.25) is 0 Å². The Morgan fingerprint density at radius 1 is 1.43 bits per heavy atom. The lowest BCUT2D eigenvalue weighted by Gasteiger charge is -2.37. The molecule has 14 heavy (non-hydrogen) atoms.